The van der Waals surface area contributed by atoms with Crippen molar-refractivity contribution in [3.05, 3.63) is 28.5 Å². The lowest BCUT2D eigenvalue weighted by Gasteiger charge is -2.22. The zero-order valence-electron chi connectivity index (χ0n) is 9.73. The average Bonchev–Trinajstić information content (AvgIpc) is 2.54. The minimum absolute atomic E-state index is 0.0300. The number of nitrogens with zero attached hydrogens (tertiary/aromatic N) is 2. The fourth-order valence-electron chi connectivity index (χ4n) is 1.86. The van der Waals surface area contributed by atoms with Gasteiger partial charge < -0.3 is 9.64 Å². The third kappa shape index (κ3) is 3.26. The molecule has 2 rings (SSSR count). The average molecular weight is 299 g/mol. The van der Waals surface area contributed by atoms with Crippen molar-refractivity contribution < 1.29 is 9.53 Å². The van der Waals surface area contributed by atoms with Crippen LogP contribution in [0.3, 0.4) is 0 Å². The molecule has 0 aliphatic carbocycles. The summed E-state index contributed by atoms with van der Waals surface area (Å²) in [6, 6.07) is 3.57. The molecule has 0 aromatic carbocycles. The van der Waals surface area contributed by atoms with Gasteiger partial charge in [-0.05, 0) is 41.4 Å². The number of hydrogen-bond donors (Lipinski definition) is 0. The standard InChI is InChI=1S/C12H15BrN2O2/c1-9-8-15(5-2-6-17-9)12(16)10-3-4-11(13)14-7-10/h3-4,7,9H,2,5-6,8H2,1H3. The van der Waals surface area contributed by atoms with E-state index in [1.807, 2.05) is 11.8 Å². The smallest absolute Gasteiger partial charge is 0.255 e. The summed E-state index contributed by atoms with van der Waals surface area (Å²) in [7, 11) is 0. The van der Waals surface area contributed by atoms with Gasteiger partial charge in [-0.1, -0.05) is 0 Å². The molecular formula is C12H15BrN2O2. The number of ether oxygens (including phenoxy) is 1. The summed E-state index contributed by atoms with van der Waals surface area (Å²) >= 11 is 3.26. The van der Waals surface area contributed by atoms with Crippen LogP contribution in [0.5, 0.6) is 0 Å². The highest BCUT2D eigenvalue weighted by atomic mass is 79.9. The summed E-state index contributed by atoms with van der Waals surface area (Å²) in [4.78, 5) is 18.1. The molecule has 2 heterocycles. The van der Waals surface area contributed by atoms with Crippen molar-refractivity contribution in [1.82, 2.24) is 9.88 Å². The lowest BCUT2D eigenvalue weighted by Crippen LogP contribution is -2.35. The molecule has 1 amide bonds. The van der Waals surface area contributed by atoms with Crippen LogP contribution in [0.1, 0.15) is 23.7 Å². The van der Waals surface area contributed by atoms with Gasteiger partial charge in [0.25, 0.3) is 5.91 Å². The molecule has 17 heavy (non-hydrogen) atoms. The summed E-state index contributed by atoms with van der Waals surface area (Å²) in [5.41, 5.74) is 0.627. The van der Waals surface area contributed by atoms with Gasteiger partial charge in [0.2, 0.25) is 0 Å². The highest BCUT2D eigenvalue weighted by molar-refractivity contribution is 9.10. The summed E-state index contributed by atoms with van der Waals surface area (Å²) in [5, 5.41) is 0. The number of halogens is 1. The van der Waals surface area contributed by atoms with Gasteiger partial charge in [0.1, 0.15) is 4.60 Å². The maximum atomic E-state index is 12.2. The lowest BCUT2D eigenvalue weighted by atomic mass is 10.2. The predicted molar refractivity (Wildman–Crippen MR) is 67.9 cm³/mol. The summed E-state index contributed by atoms with van der Waals surface area (Å²) in [6.45, 7) is 4.11. The van der Waals surface area contributed by atoms with Crippen molar-refractivity contribution in [2.24, 2.45) is 0 Å². The number of carbonyl (C=O) groups excluding carboxylic acids is 1. The first kappa shape index (κ1) is 12.5. The second kappa shape index (κ2) is 5.60. The second-order valence-electron chi connectivity index (χ2n) is 4.16. The van der Waals surface area contributed by atoms with Crippen LogP contribution in [0.2, 0.25) is 0 Å². The summed E-state index contributed by atoms with van der Waals surface area (Å²) < 4.78 is 6.26. The maximum absolute atomic E-state index is 12.2. The van der Waals surface area contributed by atoms with Crippen LogP contribution in [-0.4, -0.2) is 41.6 Å². The molecule has 1 saturated heterocycles. The van der Waals surface area contributed by atoms with Crippen LogP contribution >= 0.6 is 15.9 Å². The van der Waals surface area contributed by atoms with E-state index in [0.717, 1.165) is 24.2 Å². The monoisotopic (exact) mass is 298 g/mol. The van der Waals surface area contributed by atoms with Crippen LogP contribution < -0.4 is 0 Å². The van der Waals surface area contributed by atoms with Crippen molar-refractivity contribution in [3.8, 4) is 0 Å². The Balaban J connectivity index is 2.10. The molecule has 1 fully saturated rings. The van der Waals surface area contributed by atoms with Gasteiger partial charge in [-0.2, -0.15) is 0 Å². The maximum Gasteiger partial charge on any atom is 0.255 e. The Bertz CT molecular complexity index is 394. The topological polar surface area (TPSA) is 42.4 Å². The van der Waals surface area contributed by atoms with Crippen molar-refractivity contribution in [2.75, 3.05) is 19.7 Å². The molecule has 92 valence electrons. The first-order chi connectivity index (χ1) is 8.16. The third-order valence-electron chi connectivity index (χ3n) is 2.71. The molecule has 1 aromatic rings. The molecule has 1 aliphatic rings. The van der Waals surface area contributed by atoms with E-state index >= 15 is 0 Å². The molecule has 0 N–H and O–H groups in total. The molecule has 5 heteroatoms. The molecule has 1 unspecified atom stereocenters. The van der Waals surface area contributed by atoms with Gasteiger partial charge in [0.05, 0.1) is 11.7 Å². The number of carbonyl (C=O) groups is 1. The largest absolute Gasteiger partial charge is 0.377 e. The van der Waals surface area contributed by atoms with Crippen molar-refractivity contribution >= 4 is 21.8 Å². The second-order valence-corrected chi connectivity index (χ2v) is 4.97. The van der Waals surface area contributed by atoms with Crippen LogP contribution in [0.15, 0.2) is 22.9 Å². The number of amides is 1. The number of hydrogen-bond acceptors (Lipinski definition) is 3. The van der Waals surface area contributed by atoms with Crippen LogP contribution in [0.4, 0.5) is 0 Å². The highest BCUT2D eigenvalue weighted by Gasteiger charge is 2.21. The Morgan fingerprint density at radius 3 is 3.12 bits per heavy atom. The van der Waals surface area contributed by atoms with E-state index in [4.69, 9.17) is 4.74 Å². The Labute approximate surface area is 109 Å². The molecule has 4 nitrogen and oxygen atoms in total. The van der Waals surface area contributed by atoms with E-state index in [2.05, 4.69) is 20.9 Å². The predicted octanol–water partition coefficient (Wildman–Crippen LogP) is 2.10. The van der Waals surface area contributed by atoms with Gasteiger partial charge >= 0.3 is 0 Å². The van der Waals surface area contributed by atoms with Crippen molar-refractivity contribution in [1.29, 1.82) is 0 Å². The van der Waals surface area contributed by atoms with Crippen LogP contribution in [0, 0.1) is 0 Å². The number of pyridine rings is 1. The molecule has 0 saturated carbocycles. The fraction of sp³-hybridized carbons (Fsp3) is 0.500. The Hall–Kier alpha value is -0.940. The van der Waals surface area contributed by atoms with Gasteiger partial charge in [-0.15, -0.1) is 0 Å². The summed E-state index contributed by atoms with van der Waals surface area (Å²) in [6.07, 6.45) is 2.59. The van der Waals surface area contributed by atoms with Gasteiger partial charge in [-0.25, -0.2) is 4.98 Å². The minimum atomic E-state index is 0.0300. The molecule has 0 spiro atoms. The fourth-order valence-corrected chi connectivity index (χ4v) is 2.10. The van der Waals surface area contributed by atoms with E-state index in [1.165, 1.54) is 0 Å². The van der Waals surface area contributed by atoms with E-state index in [-0.39, 0.29) is 12.0 Å². The van der Waals surface area contributed by atoms with Crippen molar-refractivity contribution in [3.63, 3.8) is 0 Å². The first-order valence-electron chi connectivity index (χ1n) is 5.69. The van der Waals surface area contributed by atoms with Crippen LogP contribution in [0.25, 0.3) is 0 Å². The number of aromatic nitrogens is 1. The van der Waals surface area contributed by atoms with Crippen LogP contribution in [-0.2, 0) is 4.74 Å². The molecular weight excluding hydrogens is 284 g/mol. The molecule has 0 radical (unpaired) electrons. The van der Waals surface area contributed by atoms with Crippen molar-refractivity contribution in [2.45, 2.75) is 19.4 Å². The number of rotatable bonds is 1. The van der Waals surface area contributed by atoms with Gasteiger partial charge in [-0.3, -0.25) is 4.79 Å². The zero-order chi connectivity index (χ0) is 12.3. The lowest BCUT2D eigenvalue weighted by molar-refractivity contribution is 0.0562. The van der Waals surface area contributed by atoms with E-state index < -0.39 is 0 Å². The third-order valence-corrected chi connectivity index (χ3v) is 3.18. The molecule has 1 atom stereocenters. The molecule has 1 aromatic heterocycles. The van der Waals surface area contributed by atoms with Gasteiger partial charge in [0.15, 0.2) is 0 Å². The quantitative estimate of drug-likeness (QED) is 0.746. The first-order valence-corrected chi connectivity index (χ1v) is 6.48. The Kier molecular flexibility index (Phi) is 4.12. The zero-order valence-corrected chi connectivity index (χ0v) is 11.3. The highest BCUT2D eigenvalue weighted by Crippen LogP contribution is 2.12. The molecule has 1 aliphatic heterocycles. The Morgan fingerprint density at radius 1 is 1.59 bits per heavy atom. The Morgan fingerprint density at radius 2 is 2.41 bits per heavy atom. The summed E-state index contributed by atoms with van der Waals surface area (Å²) in [5.74, 6) is 0.0300. The SMILES string of the molecule is CC1CN(C(=O)c2ccc(Br)nc2)CCCO1. The normalized spacial score (nSPS) is 21.1. The van der Waals surface area contributed by atoms with E-state index in [0.29, 0.717) is 12.1 Å². The minimum Gasteiger partial charge on any atom is -0.377 e. The van der Waals surface area contributed by atoms with Gasteiger partial charge in [0, 0.05) is 25.9 Å². The molecule has 0 bridgehead atoms. The van der Waals surface area contributed by atoms with E-state index in [1.54, 1.807) is 18.3 Å². The van der Waals surface area contributed by atoms with E-state index in [9.17, 15) is 4.79 Å².